The summed E-state index contributed by atoms with van der Waals surface area (Å²) in [5.74, 6) is -3.61. The van der Waals surface area contributed by atoms with Gasteiger partial charge in [0.15, 0.2) is 0 Å². The van der Waals surface area contributed by atoms with E-state index in [0.29, 0.717) is 21.5 Å². The summed E-state index contributed by atoms with van der Waals surface area (Å²) in [4.78, 5) is 40.0. The largest absolute Gasteiger partial charge is 0.478 e. The van der Waals surface area contributed by atoms with Crippen LogP contribution in [-0.4, -0.2) is 69.6 Å². The first-order valence-corrected chi connectivity index (χ1v) is 13.1. The van der Waals surface area contributed by atoms with Crippen LogP contribution >= 0.6 is 0 Å². The van der Waals surface area contributed by atoms with E-state index in [1.165, 1.54) is 12.1 Å². The van der Waals surface area contributed by atoms with E-state index in [1.807, 2.05) is 0 Å². The van der Waals surface area contributed by atoms with Crippen molar-refractivity contribution in [1.82, 2.24) is 40.3 Å². The van der Waals surface area contributed by atoms with Crippen LogP contribution in [0.3, 0.4) is 0 Å². The number of aromatic nitrogens is 7. The Hall–Kier alpha value is -6.14. The van der Waals surface area contributed by atoms with Gasteiger partial charge in [-0.15, -0.1) is 10.2 Å². The standard InChI is InChI=1S/C28H18F6N8O5/c1-2-35-24(43)15-7-18(20-11-41(39-37-20)22-9-13(25(44)45)3-5-16(22)27(29,30)31)36-19(8-15)21-12-42(40-38-21)23-10-14(26(46)47)4-6-17(23)28(32,33)34/h3-12H,2H2,1H3,(H,35,43)(H,44,45)(H,46,47). The highest BCUT2D eigenvalue weighted by atomic mass is 19.4. The first-order valence-electron chi connectivity index (χ1n) is 13.1. The molecule has 242 valence electrons. The van der Waals surface area contributed by atoms with Gasteiger partial charge >= 0.3 is 24.3 Å². The topological polar surface area (TPSA) is 178 Å². The number of nitrogens with one attached hydrogen (secondary N) is 1. The monoisotopic (exact) mass is 660 g/mol. The summed E-state index contributed by atoms with van der Waals surface area (Å²) >= 11 is 0. The number of rotatable bonds is 8. The van der Waals surface area contributed by atoms with Crippen molar-refractivity contribution in [3.63, 3.8) is 0 Å². The third-order valence-corrected chi connectivity index (χ3v) is 6.53. The summed E-state index contributed by atoms with van der Waals surface area (Å²) in [5, 5.41) is 36.2. The van der Waals surface area contributed by atoms with E-state index >= 15 is 0 Å². The van der Waals surface area contributed by atoms with Gasteiger partial charge in [-0.3, -0.25) is 4.79 Å². The molecule has 3 N–H and O–H groups in total. The summed E-state index contributed by atoms with van der Waals surface area (Å²) in [5.41, 5.74) is -5.35. The van der Waals surface area contributed by atoms with Crippen LogP contribution < -0.4 is 5.32 Å². The predicted molar refractivity (Wildman–Crippen MR) is 147 cm³/mol. The Morgan fingerprint density at radius 1 is 0.681 bits per heavy atom. The van der Waals surface area contributed by atoms with Gasteiger partial charge in [0.05, 0.1) is 57.4 Å². The number of hydrogen-bond donors (Lipinski definition) is 3. The Bertz CT molecular complexity index is 1900. The Morgan fingerprint density at radius 3 is 1.47 bits per heavy atom. The fraction of sp³-hybridized carbons (Fsp3) is 0.143. The van der Waals surface area contributed by atoms with E-state index in [2.05, 4.69) is 30.9 Å². The van der Waals surface area contributed by atoms with Crippen molar-refractivity contribution in [3.05, 3.63) is 88.7 Å². The molecule has 19 heteroatoms. The summed E-state index contributed by atoms with van der Waals surface area (Å²) in [6.07, 6.45) is -7.78. The number of alkyl halides is 6. The number of benzene rings is 2. The first-order chi connectivity index (χ1) is 22.1. The van der Waals surface area contributed by atoms with Gasteiger partial charge in [0.25, 0.3) is 5.91 Å². The zero-order valence-corrected chi connectivity index (χ0v) is 23.5. The Labute approximate surface area is 258 Å². The van der Waals surface area contributed by atoms with Crippen LogP contribution in [0.1, 0.15) is 49.1 Å². The molecule has 0 spiro atoms. The van der Waals surface area contributed by atoms with Crippen molar-refractivity contribution >= 4 is 17.8 Å². The second-order valence-electron chi connectivity index (χ2n) is 9.65. The fourth-order valence-electron chi connectivity index (χ4n) is 4.37. The van der Waals surface area contributed by atoms with Crippen molar-refractivity contribution in [2.75, 3.05) is 6.54 Å². The Balaban J connectivity index is 1.63. The number of hydrogen-bond acceptors (Lipinski definition) is 8. The summed E-state index contributed by atoms with van der Waals surface area (Å²) in [6, 6.07) is 6.66. The minimum absolute atomic E-state index is 0.0522. The highest BCUT2D eigenvalue weighted by Gasteiger charge is 2.36. The van der Waals surface area contributed by atoms with Crippen molar-refractivity contribution in [3.8, 4) is 34.2 Å². The molecule has 3 heterocycles. The minimum Gasteiger partial charge on any atom is -0.478 e. The normalized spacial score (nSPS) is 11.8. The third kappa shape index (κ3) is 6.63. The highest BCUT2D eigenvalue weighted by molar-refractivity contribution is 5.96. The quantitative estimate of drug-likeness (QED) is 0.197. The van der Waals surface area contributed by atoms with Crippen LogP contribution in [0.4, 0.5) is 26.3 Å². The molecule has 0 aliphatic heterocycles. The highest BCUT2D eigenvalue weighted by Crippen LogP contribution is 2.36. The predicted octanol–water partition coefficient (Wildman–Crippen LogP) is 4.76. The lowest BCUT2D eigenvalue weighted by Gasteiger charge is -2.13. The molecule has 3 aromatic heterocycles. The Kier molecular flexibility index (Phi) is 8.23. The van der Waals surface area contributed by atoms with Gasteiger partial charge in [0.1, 0.15) is 11.4 Å². The number of aromatic carboxylic acids is 2. The number of carbonyl (C=O) groups is 3. The number of carboxylic acids is 2. The second kappa shape index (κ2) is 12.0. The fourth-order valence-corrected chi connectivity index (χ4v) is 4.37. The zero-order valence-electron chi connectivity index (χ0n) is 23.5. The maximum atomic E-state index is 13.8. The lowest BCUT2D eigenvalue weighted by molar-refractivity contribution is -0.138. The molecule has 0 aliphatic carbocycles. The van der Waals surface area contributed by atoms with Gasteiger partial charge < -0.3 is 15.5 Å². The van der Waals surface area contributed by atoms with Gasteiger partial charge in [-0.2, -0.15) is 26.3 Å². The van der Waals surface area contributed by atoms with E-state index in [1.54, 1.807) is 6.92 Å². The molecule has 0 unspecified atom stereocenters. The summed E-state index contributed by atoms with van der Waals surface area (Å²) < 4.78 is 83.9. The van der Waals surface area contributed by atoms with E-state index in [9.17, 15) is 50.9 Å². The lowest BCUT2D eigenvalue weighted by Crippen LogP contribution is -2.22. The van der Waals surface area contributed by atoms with Crippen LogP contribution in [0, 0.1) is 0 Å². The molecule has 0 aliphatic rings. The van der Waals surface area contributed by atoms with Crippen molar-refractivity contribution < 1.29 is 50.9 Å². The number of amides is 1. The minimum atomic E-state index is -4.90. The number of pyridine rings is 1. The van der Waals surface area contributed by atoms with Crippen molar-refractivity contribution in [2.45, 2.75) is 19.3 Å². The molecule has 13 nitrogen and oxygen atoms in total. The summed E-state index contributed by atoms with van der Waals surface area (Å²) in [7, 11) is 0. The molecule has 47 heavy (non-hydrogen) atoms. The van der Waals surface area contributed by atoms with E-state index in [4.69, 9.17) is 0 Å². The molecule has 1 amide bonds. The van der Waals surface area contributed by atoms with Gasteiger partial charge in [0, 0.05) is 12.1 Å². The molecule has 5 aromatic rings. The second-order valence-corrected chi connectivity index (χ2v) is 9.65. The SMILES string of the molecule is CCNC(=O)c1cc(-c2cn(-c3cc(C(=O)O)ccc3C(F)(F)F)nn2)nc(-c2cn(-c3cc(C(=O)O)ccc3C(F)(F)F)nn2)c1. The van der Waals surface area contributed by atoms with Crippen LogP contribution in [0.25, 0.3) is 34.2 Å². The molecule has 5 rings (SSSR count). The maximum Gasteiger partial charge on any atom is 0.418 e. The van der Waals surface area contributed by atoms with Crippen LogP contribution in [0.15, 0.2) is 60.9 Å². The zero-order chi connectivity index (χ0) is 34.3. The molecule has 2 aromatic carbocycles. The van der Waals surface area contributed by atoms with Crippen LogP contribution in [0.5, 0.6) is 0 Å². The average molecular weight is 660 g/mol. The third-order valence-electron chi connectivity index (χ3n) is 6.53. The van der Waals surface area contributed by atoms with E-state index in [0.717, 1.165) is 36.7 Å². The maximum absolute atomic E-state index is 13.8. The Morgan fingerprint density at radius 2 is 1.11 bits per heavy atom. The smallest absolute Gasteiger partial charge is 0.418 e. The van der Waals surface area contributed by atoms with Crippen LogP contribution in [-0.2, 0) is 12.4 Å². The molecule has 0 saturated carbocycles. The van der Waals surface area contributed by atoms with Crippen molar-refractivity contribution in [2.24, 2.45) is 0 Å². The van der Waals surface area contributed by atoms with Gasteiger partial charge in [0.2, 0.25) is 0 Å². The number of carbonyl (C=O) groups excluding carboxylic acids is 1. The molecular weight excluding hydrogens is 642 g/mol. The first kappa shape index (κ1) is 32.3. The molecule has 0 saturated heterocycles. The molecule has 0 bridgehead atoms. The van der Waals surface area contributed by atoms with E-state index in [-0.39, 0.29) is 34.9 Å². The molecule has 0 fully saturated rings. The van der Waals surface area contributed by atoms with E-state index < -0.39 is 63.8 Å². The van der Waals surface area contributed by atoms with Gasteiger partial charge in [-0.1, -0.05) is 10.4 Å². The number of carboxylic acid groups (broad SMARTS) is 2. The molecule has 0 radical (unpaired) electrons. The van der Waals surface area contributed by atoms with Crippen LogP contribution in [0.2, 0.25) is 0 Å². The van der Waals surface area contributed by atoms with Gasteiger partial charge in [-0.25, -0.2) is 23.9 Å². The molecular formula is C28H18F6N8O5. The summed E-state index contributed by atoms with van der Waals surface area (Å²) in [6.45, 7) is 1.82. The van der Waals surface area contributed by atoms with Crippen molar-refractivity contribution in [1.29, 1.82) is 0 Å². The average Bonchev–Trinajstić information content (AvgIpc) is 3.70. The lowest BCUT2D eigenvalue weighted by atomic mass is 10.1. The number of nitrogens with zero attached hydrogens (tertiary/aromatic N) is 7. The number of halogens is 6. The molecule has 0 atom stereocenters. The van der Waals surface area contributed by atoms with Gasteiger partial charge in [-0.05, 0) is 55.5 Å².